The number of hydrogen-bond donors (Lipinski definition) is 1. The highest BCUT2D eigenvalue weighted by Gasteiger charge is 2.40. The van der Waals surface area contributed by atoms with Crippen molar-refractivity contribution in [3.05, 3.63) is 40.4 Å². The molecule has 2 bridgehead atoms. The van der Waals surface area contributed by atoms with Crippen LogP contribution in [0.4, 0.5) is 0 Å². The Balaban J connectivity index is 1.49. The third kappa shape index (κ3) is 2.96. The van der Waals surface area contributed by atoms with E-state index in [0.717, 1.165) is 15.4 Å². The number of halogens is 1. The summed E-state index contributed by atoms with van der Waals surface area (Å²) in [6, 6.07) is 8.08. The molecule has 4 nitrogen and oxygen atoms in total. The zero-order chi connectivity index (χ0) is 16.7. The molecule has 0 spiro atoms. The average Bonchev–Trinajstić information content (AvgIpc) is 3.09. The van der Waals surface area contributed by atoms with Crippen molar-refractivity contribution in [2.75, 3.05) is 13.1 Å². The van der Waals surface area contributed by atoms with Gasteiger partial charge in [0.25, 0.3) is 5.91 Å². The van der Waals surface area contributed by atoms with Gasteiger partial charge in [-0.3, -0.25) is 14.7 Å². The van der Waals surface area contributed by atoms with Crippen LogP contribution in [0.3, 0.4) is 0 Å². The number of hydrogen-bond acceptors (Lipinski definition) is 4. The van der Waals surface area contributed by atoms with Crippen molar-refractivity contribution in [1.29, 1.82) is 0 Å². The van der Waals surface area contributed by atoms with E-state index in [2.05, 4.69) is 22.1 Å². The van der Waals surface area contributed by atoms with Crippen LogP contribution in [0.5, 0.6) is 0 Å². The second-order valence-electron chi connectivity index (χ2n) is 6.64. The molecule has 24 heavy (non-hydrogen) atoms. The molecule has 1 amide bonds. The quantitative estimate of drug-likeness (QED) is 0.907. The number of rotatable bonds is 3. The van der Waals surface area contributed by atoms with Gasteiger partial charge in [-0.05, 0) is 63.0 Å². The van der Waals surface area contributed by atoms with Gasteiger partial charge in [-0.1, -0.05) is 11.6 Å². The summed E-state index contributed by atoms with van der Waals surface area (Å²) in [5.41, 5.74) is 0.808. The van der Waals surface area contributed by atoms with Crippen LogP contribution in [0.15, 0.2) is 30.5 Å². The first-order valence-corrected chi connectivity index (χ1v) is 9.58. The normalized spacial score (nSPS) is 28.8. The molecule has 5 rings (SSSR count). The van der Waals surface area contributed by atoms with E-state index in [1.54, 1.807) is 12.3 Å². The van der Waals surface area contributed by atoms with Crippen LogP contribution >= 0.6 is 22.9 Å². The van der Waals surface area contributed by atoms with E-state index in [1.165, 1.54) is 37.3 Å². The molecule has 6 heteroatoms. The summed E-state index contributed by atoms with van der Waals surface area (Å²) in [5.74, 6) is 0.641. The monoisotopic (exact) mass is 361 g/mol. The van der Waals surface area contributed by atoms with Crippen LogP contribution in [-0.2, 0) is 0 Å². The SMILES string of the molecule is C[C@H]1[C@H](NC(=O)c2ccc(-c3cc(Cl)ccn3)s2)C2CCN1CC2. The number of nitrogens with one attached hydrogen (secondary N) is 1. The first kappa shape index (κ1) is 16.1. The largest absolute Gasteiger partial charge is 0.347 e. The molecule has 3 saturated heterocycles. The van der Waals surface area contributed by atoms with Crippen LogP contribution in [0.25, 0.3) is 10.6 Å². The molecule has 1 N–H and O–H groups in total. The van der Waals surface area contributed by atoms with E-state index in [9.17, 15) is 4.79 Å². The second-order valence-corrected chi connectivity index (χ2v) is 8.16. The van der Waals surface area contributed by atoms with Gasteiger partial charge in [0.1, 0.15) is 0 Å². The second kappa shape index (κ2) is 6.47. The Labute approximate surface area is 150 Å². The molecule has 0 saturated carbocycles. The highest BCUT2D eigenvalue weighted by atomic mass is 35.5. The minimum Gasteiger partial charge on any atom is -0.347 e. The summed E-state index contributed by atoms with van der Waals surface area (Å²) < 4.78 is 0. The van der Waals surface area contributed by atoms with Gasteiger partial charge in [-0.25, -0.2) is 0 Å². The summed E-state index contributed by atoms with van der Waals surface area (Å²) in [7, 11) is 0. The maximum atomic E-state index is 12.7. The molecule has 3 aliphatic rings. The van der Waals surface area contributed by atoms with Crippen molar-refractivity contribution in [2.45, 2.75) is 31.8 Å². The molecule has 0 unspecified atom stereocenters. The molecule has 0 aliphatic carbocycles. The Morgan fingerprint density at radius 1 is 1.33 bits per heavy atom. The minimum absolute atomic E-state index is 0.0267. The maximum absolute atomic E-state index is 12.7. The number of fused-ring (bicyclic) bond motifs is 3. The molecule has 2 atom stereocenters. The first-order valence-electron chi connectivity index (χ1n) is 8.38. The molecule has 2 aromatic heterocycles. The van der Waals surface area contributed by atoms with Gasteiger partial charge in [0.15, 0.2) is 0 Å². The Morgan fingerprint density at radius 3 is 2.83 bits per heavy atom. The van der Waals surface area contributed by atoms with E-state index in [0.29, 0.717) is 17.0 Å². The van der Waals surface area contributed by atoms with Crippen molar-refractivity contribution in [1.82, 2.24) is 15.2 Å². The zero-order valence-electron chi connectivity index (χ0n) is 13.5. The van der Waals surface area contributed by atoms with Crippen LogP contribution in [-0.4, -0.2) is 41.0 Å². The zero-order valence-corrected chi connectivity index (χ0v) is 15.1. The molecule has 2 aromatic rings. The lowest BCUT2D eigenvalue weighted by Crippen LogP contribution is -2.62. The van der Waals surface area contributed by atoms with Crippen LogP contribution in [0, 0.1) is 5.92 Å². The predicted octanol–water partition coefficient (Wildman–Crippen LogP) is 3.68. The Bertz CT molecular complexity index is 752. The fourth-order valence-corrected chi connectivity index (χ4v) is 4.94. The fourth-order valence-electron chi connectivity index (χ4n) is 3.90. The standard InChI is InChI=1S/C18H20ClN3OS/c1-11-17(12-5-8-22(11)9-6-12)21-18(23)16-3-2-15(24-16)14-10-13(19)4-7-20-14/h2-4,7,10-12,17H,5-6,8-9H2,1H3,(H,21,23)/t11-,17-/m0/s1. The number of nitrogens with zero attached hydrogens (tertiary/aromatic N) is 2. The third-order valence-corrected chi connectivity index (χ3v) is 6.62. The van der Waals surface area contributed by atoms with Crippen molar-refractivity contribution in [2.24, 2.45) is 5.92 Å². The Kier molecular flexibility index (Phi) is 4.33. The molecule has 126 valence electrons. The van der Waals surface area contributed by atoms with Gasteiger partial charge in [0, 0.05) is 23.3 Å². The average molecular weight is 362 g/mol. The minimum atomic E-state index is 0.0267. The molecule has 3 fully saturated rings. The summed E-state index contributed by atoms with van der Waals surface area (Å²) >= 11 is 7.49. The van der Waals surface area contributed by atoms with Crippen LogP contribution in [0.1, 0.15) is 29.4 Å². The molecule has 5 heterocycles. The number of piperidine rings is 3. The van der Waals surface area contributed by atoms with Gasteiger partial charge >= 0.3 is 0 Å². The molecular formula is C18H20ClN3OS. The molecular weight excluding hydrogens is 342 g/mol. The van der Waals surface area contributed by atoms with Gasteiger partial charge in [0.05, 0.1) is 15.4 Å². The molecule has 3 aliphatic heterocycles. The Morgan fingerprint density at radius 2 is 2.12 bits per heavy atom. The van der Waals surface area contributed by atoms with Gasteiger partial charge in [-0.2, -0.15) is 0 Å². The highest BCUT2D eigenvalue weighted by molar-refractivity contribution is 7.17. The van der Waals surface area contributed by atoms with E-state index >= 15 is 0 Å². The number of carbonyl (C=O) groups excluding carboxylic acids is 1. The van der Waals surface area contributed by atoms with E-state index in [1.807, 2.05) is 18.2 Å². The number of pyridine rings is 1. The summed E-state index contributed by atoms with van der Waals surface area (Å²) in [4.78, 5) is 21.2. The summed E-state index contributed by atoms with van der Waals surface area (Å²) in [6.07, 6.45) is 4.07. The smallest absolute Gasteiger partial charge is 0.261 e. The number of carbonyl (C=O) groups is 1. The molecule has 0 aromatic carbocycles. The molecule has 0 radical (unpaired) electrons. The first-order chi connectivity index (χ1) is 11.6. The lowest BCUT2D eigenvalue weighted by Gasteiger charge is -2.49. The number of thiophene rings is 1. The Hall–Kier alpha value is -1.43. The van der Waals surface area contributed by atoms with Crippen molar-refractivity contribution in [3.8, 4) is 10.6 Å². The lowest BCUT2D eigenvalue weighted by atomic mass is 9.79. The lowest BCUT2D eigenvalue weighted by molar-refractivity contribution is 0.0218. The highest BCUT2D eigenvalue weighted by Crippen LogP contribution is 2.33. The van der Waals surface area contributed by atoms with E-state index < -0.39 is 0 Å². The third-order valence-electron chi connectivity index (χ3n) is 5.28. The van der Waals surface area contributed by atoms with Crippen molar-refractivity contribution < 1.29 is 4.79 Å². The van der Waals surface area contributed by atoms with Crippen molar-refractivity contribution in [3.63, 3.8) is 0 Å². The van der Waals surface area contributed by atoms with E-state index in [-0.39, 0.29) is 11.9 Å². The van der Waals surface area contributed by atoms with Gasteiger partial charge in [-0.15, -0.1) is 11.3 Å². The maximum Gasteiger partial charge on any atom is 0.261 e. The summed E-state index contributed by atoms with van der Waals surface area (Å²) in [5, 5.41) is 3.93. The summed E-state index contributed by atoms with van der Waals surface area (Å²) in [6.45, 7) is 4.57. The van der Waals surface area contributed by atoms with Gasteiger partial charge in [0.2, 0.25) is 0 Å². The van der Waals surface area contributed by atoms with E-state index in [4.69, 9.17) is 11.6 Å². The van der Waals surface area contributed by atoms with Crippen molar-refractivity contribution >= 4 is 28.8 Å². The number of aromatic nitrogens is 1. The number of amides is 1. The fraction of sp³-hybridized carbons (Fsp3) is 0.444. The van der Waals surface area contributed by atoms with Crippen LogP contribution in [0.2, 0.25) is 5.02 Å². The van der Waals surface area contributed by atoms with Gasteiger partial charge < -0.3 is 5.32 Å². The van der Waals surface area contributed by atoms with Crippen LogP contribution < -0.4 is 5.32 Å². The predicted molar refractivity (Wildman–Crippen MR) is 97.6 cm³/mol. The topological polar surface area (TPSA) is 45.2 Å².